The molecule has 0 aliphatic rings. The first-order valence-electron chi connectivity index (χ1n) is 5.41. The molecule has 0 aliphatic carbocycles. The third-order valence-electron chi connectivity index (χ3n) is 2.50. The molecule has 0 aliphatic heterocycles. The van der Waals surface area contributed by atoms with E-state index >= 15 is 0 Å². The first-order valence-corrected chi connectivity index (χ1v) is 6.58. The van der Waals surface area contributed by atoms with E-state index in [0.717, 1.165) is 4.47 Å². The van der Waals surface area contributed by atoms with Gasteiger partial charge in [0, 0.05) is 15.1 Å². The summed E-state index contributed by atoms with van der Waals surface area (Å²) < 4.78 is 19.8. The number of carbonyl (C=O) groups is 1. The molecule has 0 bridgehead atoms. The highest BCUT2D eigenvalue weighted by atomic mass is 79.9. The second-order valence-electron chi connectivity index (χ2n) is 3.82. The van der Waals surface area contributed by atoms with E-state index < -0.39 is 5.82 Å². The van der Waals surface area contributed by atoms with E-state index in [0.29, 0.717) is 28.2 Å². The predicted octanol–water partition coefficient (Wildman–Crippen LogP) is 4.63. The van der Waals surface area contributed by atoms with Crippen LogP contribution in [0.1, 0.15) is 15.9 Å². The van der Waals surface area contributed by atoms with Gasteiger partial charge in [0.2, 0.25) is 0 Å². The number of benzene rings is 2. The Morgan fingerprint density at radius 3 is 2.74 bits per heavy atom. The van der Waals surface area contributed by atoms with Gasteiger partial charge < -0.3 is 4.74 Å². The molecule has 0 spiro atoms. The zero-order valence-corrected chi connectivity index (χ0v) is 12.0. The number of hydrogen-bond donors (Lipinski definition) is 0. The summed E-state index contributed by atoms with van der Waals surface area (Å²) in [5, 5.41) is 0.332. The Balaban J connectivity index is 2.16. The number of rotatable bonds is 4. The lowest BCUT2D eigenvalue weighted by atomic mass is 10.2. The van der Waals surface area contributed by atoms with Crippen molar-refractivity contribution < 1.29 is 13.9 Å². The van der Waals surface area contributed by atoms with E-state index in [1.807, 2.05) is 0 Å². The van der Waals surface area contributed by atoms with E-state index in [2.05, 4.69) is 15.9 Å². The third kappa shape index (κ3) is 3.55. The van der Waals surface area contributed by atoms with Crippen LogP contribution in [-0.4, -0.2) is 6.29 Å². The van der Waals surface area contributed by atoms with Crippen LogP contribution in [0.25, 0.3) is 0 Å². The van der Waals surface area contributed by atoms with Crippen LogP contribution in [-0.2, 0) is 6.61 Å². The van der Waals surface area contributed by atoms with Gasteiger partial charge >= 0.3 is 0 Å². The number of halogens is 3. The highest BCUT2D eigenvalue weighted by Crippen LogP contribution is 2.23. The molecule has 0 aromatic heterocycles. The minimum Gasteiger partial charge on any atom is -0.488 e. The van der Waals surface area contributed by atoms with Crippen LogP contribution in [0.4, 0.5) is 4.39 Å². The van der Waals surface area contributed by atoms with Gasteiger partial charge in [0.05, 0.1) is 5.56 Å². The van der Waals surface area contributed by atoms with Crippen LogP contribution in [0.2, 0.25) is 5.02 Å². The van der Waals surface area contributed by atoms with Gasteiger partial charge in [-0.25, -0.2) is 4.39 Å². The molecule has 5 heteroatoms. The maximum atomic E-state index is 13.6. The van der Waals surface area contributed by atoms with Crippen LogP contribution in [0.5, 0.6) is 5.75 Å². The summed E-state index contributed by atoms with van der Waals surface area (Å²) in [5.74, 6) is -0.0233. The minimum atomic E-state index is -0.433. The highest BCUT2D eigenvalue weighted by Gasteiger charge is 2.07. The van der Waals surface area contributed by atoms with Gasteiger partial charge in [0.25, 0.3) is 0 Å². The van der Waals surface area contributed by atoms with E-state index in [9.17, 15) is 9.18 Å². The highest BCUT2D eigenvalue weighted by molar-refractivity contribution is 9.10. The fraction of sp³-hybridized carbons (Fsp3) is 0.0714. The van der Waals surface area contributed by atoms with Crippen LogP contribution in [0, 0.1) is 5.82 Å². The quantitative estimate of drug-likeness (QED) is 0.756. The smallest absolute Gasteiger partial charge is 0.153 e. The Morgan fingerprint density at radius 2 is 2.05 bits per heavy atom. The van der Waals surface area contributed by atoms with E-state index in [4.69, 9.17) is 16.3 Å². The maximum Gasteiger partial charge on any atom is 0.153 e. The molecule has 0 saturated carbocycles. The Bertz CT molecular complexity index is 616. The summed E-state index contributed by atoms with van der Waals surface area (Å²) in [7, 11) is 0. The monoisotopic (exact) mass is 342 g/mol. The van der Waals surface area contributed by atoms with Crippen molar-refractivity contribution in [2.75, 3.05) is 0 Å². The maximum absolute atomic E-state index is 13.6. The molecule has 0 amide bonds. The molecule has 2 rings (SSSR count). The van der Waals surface area contributed by atoms with E-state index in [-0.39, 0.29) is 6.61 Å². The molecule has 98 valence electrons. The van der Waals surface area contributed by atoms with Gasteiger partial charge in [-0.2, -0.15) is 0 Å². The number of hydrogen-bond acceptors (Lipinski definition) is 2. The standard InChI is InChI=1S/C14H9BrClFO2/c15-11-2-4-14(10(5-11)7-18)19-8-9-1-3-12(16)6-13(9)17/h1-7H,8H2. The van der Waals surface area contributed by atoms with Crippen LogP contribution >= 0.6 is 27.5 Å². The molecule has 2 nitrogen and oxygen atoms in total. The summed E-state index contributed by atoms with van der Waals surface area (Å²) in [5.41, 5.74) is 0.785. The zero-order valence-electron chi connectivity index (χ0n) is 9.70. The van der Waals surface area contributed by atoms with Gasteiger partial charge in [0.15, 0.2) is 6.29 Å². The Morgan fingerprint density at radius 1 is 1.26 bits per heavy atom. The van der Waals surface area contributed by atoms with Gasteiger partial charge in [-0.1, -0.05) is 33.6 Å². The van der Waals surface area contributed by atoms with E-state index in [1.54, 1.807) is 30.3 Å². The van der Waals surface area contributed by atoms with Crippen molar-refractivity contribution in [2.45, 2.75) is 6.61 Å². The van der Waals surface area contributed by atoms with Crippen molar-refractivity contribution in [2.24, 2.45) is 0 Å². The largest absolute Gasteiger partial charge is 0.488 e. The summed E-state index contributed by atoms with van der Waals surface area (Å²) in [6.07, 6.45) is 0.693. The molecule has 0 radical (unpaired) electrons. The topological polar surface area (TPSA) is 26.3 Å². The van der Waals surface area contributed by atoms with Crippen molar-refractivity contribution >= 4 is 33.8 Å². The van der Waals surface area contributed by atoms with Gasteiger partial charge in [0.1, 0.15) is 18.2 Å². The van der Waals surface area contributed by atoms with Gasteiger partial charge in [-0.05, 0) is 30.3 Å². The van der Waals surface area contributed by atoms with Crippen molar-refractivity contribution in [3.05, 3.63) is 62.8 Å². The molecule has 2 aromatic rings. The van der Waals surface area contributed by atoms with E-state index in [1.165, 1.54) is 6.07 Å². The molecule has 2 aromatic carbocycles. The molecule has 0 fully saturated rings. The minimum absolute atomic E-state index is 0.0332. The van der Waals surface area contributed by atoms with Crippen LogP contribution in [0.3, 0.4) is 0 Å². The molecular formula is C14H9BrClFO2. The molecule has 0 saturated heterocycles. The average molecular weight is 344 g/mol. The second kappa shape index (κ2) is 6.17. The Hall–Kier alpha value is -1.39. The summed E-state index contributed by atoms with van der Waals surface area (Å²) in [6.45, 7) is 0.0332. The van der Waals surface area contributed by atoms with Crippen LogP contribution in [0.15, 0.2) is 40.9 Å². The summed E-state index contributed by atoms with van der Waals surface area (Å²) in [4.78, 5) is 10.9. The molecule has 0 unspecified atom stereocenters. The molecule has 0 N–H and O–H groups in total. The lowest BCUT2D eigenvalue weighted by molar-refractivity contribution is 0.111. The Kier molecular flexibility index (Phi) is 4.56. The number of carbonyl (C=O) groups excluding carboxylic acids is 1. The number of ether oxygens (including phenoxy) is 1. The summed E-state index contributed by atoms with van der Waals surface area (Å²) in [6, 6.07) is 9.41. The summed E-state index contributed by atoms with van der Waals surface area (Å²) >= 11 is 8.93. The fourth-order valence-electron chi connectivity index (χ4n) is 1.54. The van der Waals surface area contributed by atoms with Crippen molar-refractivity contribution in [1.82, 2.24) is 0 Å². The fourth-order valence-corrected chi connectivity index (χ4v) is 2.07. The predicted molar refractivity (Wildman–Crippen MR) is 75.3 cm³/mol. The first-order chi connectivity index (χ1) is 9.10. The zero-order chi connectivity index (χ0) is 13.8. The van der Waals surface area contributed by atoms with Crippen molar-refractivity contribution in [3.63, 3.8) is 0 Å². The first kappa shape index (κ1) is 14.0. The van der Waals surface area contributed by atoms with Gasteiger partial charge in [-0.3, -0.25) is 4.79 Å². The molecule has 19 heavy (non-hydrogen) atoms. The molecular weight excluding hydrogens is 335 g/mol. The molecule has 0 heterocycles. The third-order valence-corrected chi connectivity index (χ3v) is 3.23. The van der Waals surface area contributed by atoms with Gasteiger partial charge in [-0.15, -0.1) is 0 Å². The second-order valence-corrected chi connectivity index (χ2v) is 5.18. The lowest BCUT2D eigenvalue weighted by Gasteiger charge is -2.09. The number of aldehydes is 1. The molecule has 0 atom stereocenters. The SMILES string of the molecule is O=Cc1cc(Br)ccc1OCc1ccc(Cl)cc1F. The van der Waals surface area contributed by atoms with Crippen LogP contribution < -0.4 is 4.74 Å². The van der Waals surface area contributed by atoms with Crippen molar-refractivity contribution in [3.8, 4) is 5.75 Å². The average Bonchev–Trinajstić information content (AvgIpc) is 2.39. The normalized spacial score (nSPS) is 10.3. The lowest BCUT2D eigenvalue weighted by Crippen LogP contribution is -2.00. The Labute approximate surface area is 123 Å². The van der Waals surface area contributed by atoms with Crippen molar-refractivity contribution in [1.29, 1.82) is 0 Å².